The summed E-state index contributed by atoms with van der Waals surface area (Å²) in [6.45, 7) is 5.22. The Morgan fingerprint density at radius 2 is 2.09 bits per heavy atom. The second kappa shape index (κ2) is 6.75. The van der Waals surface area contributed by atoms with Gasteiger partial charge in [-0.05, 0) is 39.0 Å². The quantitative estimate of drug-likeness (QED) is 0.822. The van der Waals surface area contributed by atoms with Gasteiger partial charge >= 0.3 is 5.97 Å². The number of thiazole rings is 1. The molecule has 7 heteroatoms. The van der Waals surface area contributed by atoms with Gasteiger partial charge in [-0.1, -0.05) is 15.9 Å². The van der Waals surface area contributed by atoms with Crippen LogP contribution >= 0.6 is 27.3 Å². The van der Waals surface area contributed by atoms with Crippen LogP contribution in [0.4, 0.5) is 0 Å². The molecule has 0 unspecified atom stereocenters. The van der Waals surface area contributed by atoms with Crippen LogP contribution in [0.5, 0.6) is 0 Å². The molecule has 5 nitrogen and oxygen atoms in total. The number of aromatic nitrogens is 1. The smallest absolute Gasteiger partial charge is 0.325 e. The predicted octanol–water partition coefficient (Wildman–Crippen LogP) is 3.06. The monoisotopic (exact) mass is 384 g/mol. The molecule has 0 fully saturated rings. The molecule has 22 heavy (non-hydrogen) atoms. The predicted molar refractivity (Wildman–Crippen MR) is 89.9 cm³/mol. The molecule has 0 radical (unpaired) electrons. The van der Waals surface area contributed by atoms with Gasteiger partial charge < -0.3 is 10.1 Å². The van der Waals surface area contributed by atoms with Gasteiger partial charge in [-0.3, -0.25) is 9.59 Å². The standard InChI is InChI=1S/C15H17BrN2O3S/c1-15(2,3)21-14(20)8-17-12(19)7-13-18-10-5-4-9(16)6-11(10)22-13/h4-6H,7-8H2,1-3H3,(H,17,19). The molecular weight excluding hydrogens is 368 g/mol. The lowest BCUT2D eigenvalue weighted by atomic mass is 10.2. The van der Waals surface area contributed by atoms with Crippen LogP contribution in [0, 0.1) is 0 Å². The highest BCUT2D eigenvalue weighted by Gasteiger charge is 2.17. The molecule has 0 aliphatic rings. The first-order chi connectivity index (χ1) is 10.2. The summed E-state index contributed by atoms with van der Waals surface area (Å²) in [5.41, 5.74) is 0.311. The number of ether oxygens (including phenoxy) is 1. The number of hydrogen-bond acceptors (Lipinski definition) is 5. The number of rotatable bonds is 4. The number of hydrogen-bond donors (Lipinski definition) is 1. The van der Waals surface area contributed by atoms with Gasteiger partial charge in [0.15, 0.2) is 0 Å². The van der Waals surface area contributed by atoms with Crippen molar-refractivity contribution < 1.29 is 14.3 Å². The summed E-state index contributed by atoms with van der Waals surface area (Å²) in [6.07, 6.45) is 0.153. The molecule has 0 spiro atoms. The van der Waals surface area contributed by atoms with Crippen molar-refractivity contribution >= 4 is 49.4 Å². The van der Waals surface area contributed by atoms with Crippen LogP contribution in [0.2, 0.25) is 0 Å². The van der Waals surface area contributed by atoms with E-state index in [0.29, 0.717) is 0 Å². The number of amides is 1. The number of nitrogens with zero attached hydrogens (tertiary/aromatic N) is 1. The summed E-state index contributed by atoms with van der Waals surface area (Å²) < 4.78 is 7.12. The molecule has 0 bridgehead atoms. The van der Waals surface area contributed by atoms with Gasteiger partial charge in [-0.15, -0.1) is 11.3 Å². The van der Waals surface area contributed by atoms with Crippen molar-refractivity contribution in [2.24, 2.45) is 0 Å². The zero-order valence-electron chi connectivity index (χ0n) is 12.6. The highest BCUT2D eigenvalue weighted by molar-refractivity contribution is 9.10. The molecule has 118 valence electrons. The molecule has 0 saturated heterocycles. The summed E-state index contributed by atoms with van der Waals surface area (Å²) in [4.78, 5) is 27.8. The third kappa shape index (κ3) is 5.06. The van der Waals surface area contributed by atoms with E-state index in [1.54, 1.807) is 20.8 Å². The maximum atomic E-state index is 11.9. The molecule has 1 aromatic heterocycles. The van der Waals surface area contributed by atoms with E-state index in [1.807, 2.05) is 18.2 Å². The highest BCUT2D eigenvalue weighted by Crippen LogP contribution is 2.25. The molecule has 1 N–H and O–H groups in total. The minimum Gasteiger partial charge on any atom is -0.459 e. The Labute approximate surface area is 141 Å². The van der Waals surface area contributed by atoms with E-state index in [2.05, 4.69) is 26.2 Å². The maximum absolute atomic E-state index is 11.9. The van der Waals surface area contributed by atoms with E-state index in [4.69, 9.17) is 4.74 Å². The van der Waals surface area contributed by atoms with Crippen LogP contribution < -0.4 is 5.32 Å². The highest BCUT2D eigenvalue weighted by atomic mass is 79.9. The average molecular weight is 385 g/mol. The number of carbonyl (C=O) groups excluding carboxylic acids is 2. The SMILES string of the molecule is CC(C)(C)OC(=O)CNC(=O)Cc1nc2ccc(Br)cc2s1. The molecule has 0 aliphatic carbocycles. The first-order valence-corrected chi connectivity index (χ1v) is 8.37. The Morgan fingerprint density at radius 1 is 1.36 bits per heavy atom. The van der Waals surface area contributed by atoms with Crippen LogP contribution in [0.3, 0.4) is 0 Å². The van der Waals surface area contributed by atoms with Crippen molar-refractivity contribution in [2.45, 2.75) is 32.8 Å². The van der Waals surface area contributed by atoms with Gasteiger partial charge in [-0.2, -0.15) is 0 Å². The largest absolute Gasteiger partial charge is 0.459 e. The Balaban J connectivity index is 1.89. The van der Waals surface area contributed by atoms with E-state index < -0.39 is 11.6 Å². The molecule has 0 aliphatic heterocycles. The lowest BCUT2D eigenvalue weighted by molar-refractivity contribution is -0.154. The normalized spacial score (nSPS) is 11.5. The van der Waals surface area contributed by atoms with E-state index in [-0.39, 0.29) is 18.9 Å². The zero-order chi connectivity index (χ0) is 16.3. The van der Waals surface area contributed by atoms with Crippen molar-refractivity contribution in [3.63, 3.8) is 0 Å². The number of carbonyl (C=O) groups is 2. The molecule has 1 aromatic carbocycles. The van der Waals surface area contributed by atoms with E-state index in [0.717, 1.165) is 19.7 Å². The second-order valence-corrected chi connectivity index (χ2v) is 7.79. The van der Waals surface area contributed by atoms with Gasteiger partial charge in [0.05, 0.1) is 16.6 Å². The van der Waals surface area contributed by atoms with E-state index >= 15 is 0 Å². The first kappa shape index (κ1) is 16.9. The number of nitrogens with one attached hydrogen (secondary N) is 1. The fourth-order valence-electron chi connectivity index (χ4n) is 1.77. The summed E-state index contributed by atoms with van der Waals surface area (Å²) in [7, 11) is 0. The van der Waals surface area contributed by atoms with Gasteiger partial charge in [0.2, 0.25) is 5.91 Å². The number of fused-ring (bicyclic) bond motifs is 1. The molecule has 2 rings (SSSR count). The molecule has 0 saturated carbocycles. The number of halogens is 1. The molecule has 0 atom stereocenters. The summed E-state index contributed by atoms with van der Waals surface area (Å²) in [6, 6.07) is 5.78. The van der Waals surface area contributed by atoms with E-state index in [1.165, 1.54) is 11.3 Å². The lowest BCUT2D eigenvalue weighted by Crippen LogP contribution is -2.35. The second-order valence-electron chi connectivity index (χ2n) is 5.76. The fourth-order valence-corrected chi connectivity index (χ4v) is 3.29. The first-order valence-electron chi connectivity index (χ1n) is 6.76. The number of benzene rings is 1. The Kier molecular flexibility index (Phi) is 5.18. The van der Waals surface area contributed by atoms with Crippen LogP contribution in [-0.2, 0) is 20.7 Å². The average Bonchev–Trinajstić information content (AvgIpc) is 2.75. The Bertz CT molecular complexity index is 706. The van der Waals surface area contributed by atoms with Crippen LogP contribution in [0.25, 0.3) is 10.2 Å². The lowest BCUT2D eigenvalue weighted by Gasteiger charge is -2.19. The minimum atomic E-state index is -0.553. The van der Waals surface area contributed by atoms with Crippen molar-refractivity contribution in [1.29, 1.82) is 0 Å². The zero-order valence-corrected chi connectivity index (χ0v) is 15.0. The van der Waals surface area contributed by atoms with Crippen molar-refractivity contribution in [2.75, 3.05) is 6.54 Å². The minimum absolute atomic E-state index is 0.132. The van der Waals surface area contributed by atoms with Gasteiger partial charge in [0, 0.05) is 4.47 Å². The van der Waals surface area contributed by atoms with Gasteiger partial charge in [0.25, 0.3) is 0 Å². The topological polar surface area (TPSA) is 68.3 Å². The number of esters is 1. The van der Waals surface area contributed by atoms with Crippen LogP contribution in [0.1, 0.15) is 25.8 Å². The summed E-state index contributed by atoms with van der Waals surface area (Å²) in [5.74, 6) is -0.696. The van der Waals surface area contributed by atoms with Gasteiger partial charge in [0.1, 0.15) is 17.2 Å². The molecular formula is C15H17BrN2O3S. The molecule has 2 aromatic rings. The molecule has 1 amide bonds. The van der Waals surface area contributed by atoms with Gasteiger partial charge in [-0.25, -0.2) is 4.98 Å². The van der Waals surface area contributed by atoms with Crippen molar-refractivity contribution in [1.82, 2.24) is 10.3 Å². The van der Waals surface area contributed by atoms with Crippen molar-refractivity contribution in [3.05, 3.63) is 27.7 Å². The Hall–Kier alpha value is -1.47. The third-order valence-electron chi connectivity index (χ3n) is 2.56. The van der Waals surface area contributed by atoms with Crippen LogP contribution in [-0.4, -0.2) is 29.0 Å². The van der Waals surface area contributed by atoms with Crippen molar-refractivity contribution in [3.8, 4) is 0 Å². The maximum Gasteiger partial charge on any atom is 0.325 e. The Morgan fingerprint density at radius 3 is 2.77 bits per heavy atom. The van der Waals surface area contributed by atoms with E-state index in [9.17, 15) is 9.59 Å². The summed E-state index contributed by atoms with van der Waals surface area (Å²) in [5, 5.41) is 3.27. The summed E-state index contributed by atoms with van der Waals surface area (Å²) >= 11 is 4.87. The molecule has 1 heterocycles. The third-order valence-corrected chi connectivity index (χ3v) is 4.07. The van der Waals surface area contributed by atoms with Crippen LogP contribution in [0.15, 0.2) is 22.7 Å². The fraction of sp³-hybridized carbons (Fsp3) is 0.400.